The van der Waals surface area contributed by atoms with Gasteiger partial charge in [0.1, 0.15) is 22.4 Å². The van der Waals surface area contributed by atoms with E-state index in [4.69, 9.17) is 5.73 Å². The highest BCUT2D eigenvalue weighted by molar-refractivity contribution is 9.10. The highest BCUT2D eigenvalue weighted by Gasteiger charge is 2.10. The number of hydrogen-bond donors (Lipinski definition) is 2. The smallest absolute Gasteiger partial charge is 0.146 e. The normalized spacial score (nSPS) is 12.1. The van der Waals surface area contributed by atoms with Crippen molar-refractivity contribution in [1.29, 1.82) is 0 Å². The van der Waals surface area contributed by atoms with E-state index in [0.717, 1.165) is 0 Å². The summed E-state index contributed by atoms with van der Waals surface area (Å²) in [6.07, 6.45) is 1.44. The number of nitrogen functional groups attached to an aromatic ring is 1. The van der Waals surface area contributed by atoms with Crippen LogP contribution in [0.15, 0.2) is 41.1 Å². The molecule has 0 amide bonds. The monoisotopic (exact) mass is 292 g/mol. The van der Waals surface area contributed by atoms with Crippen LogP contribution in [-0.2, 0) is 0 Å². The molecule has 1 heterocycles. The lowest BCUT2D eigenvalue weighted by molar-refractivity contribution is 0.870. The zero-order valence-corrected chi connectivity index (χ0v) is 11.0. The molecule has 0 aliphatic carbocycles. The van der Waals surface area contributed by atoms with Crippen molar-refractivity contribution in [3.8, 4) is 0 Å². The summed E-state index contributed by atoms with van der Waals surface area (Å²) in [5.41, 5.74) is 6.89. The molecule has 1 aromatic carbocycles. The summed E-state index contributed by atoms with van der Waals surface area (Å²) in [6, 6.07) is 10.3. The summed E-state index contributed by atoms with van der Waals surface area (Å²) >= 11 is 3.37. The van der Waals surface area contributed by atoms with Gasteiger partial charge in [-0.25, -0.2) is 9.97 Å². The summed E-state index contributed by atoms with van der Waals surface area (Å²) in [5, 5.41) is 3.29. The number of hydrogen-bond acceptors (Lipinski definition) is 4. The summed E-state index contributed by atoms with van der Waals surface area (Å²) < 4.78 is 0.697. The van der Waals surface area contributed by atoms with Crippen molar-refractivity contribution >= 4 is 27.6 Å². The average Bonchev–Trinajstić information content (AvgIpc) is 2.36. The third-order valence-electron chi connectivity index (χ3n) is 2.47. The van der Waals surface area contributed by atoms with E-state index in [0.29, 0.717) is 16.1 Å². The SMILES string of the molecule is CC(Nc1ncnc(N)c1Br)c1ccccc1. The van der Waals surface area contributed by atoms with Gasteiger partial charge in [0.15, 0.2) is 0 Å². The zero-order chi connectivity index (χ0) is 12.3. The van der Waals surface area contributed by atoms with Crippen LogP contribution in [0.3, 0.4) is 0 Å². The minimum atomic E-state index is 0.154. The molecule has 0 radical (unpaired) electrons. The Morgan fingerprint density at radius 2 is 1.94 bits per heavy atom. The van der Waals surface area contributed by atoms with Crippen molar-refractivity contribution in [2.75, 3.05) is 11.1 Å². The van der Waals surface area contributed by atoms with Crippen molar-refractivity contribution in [2.45, 2.75) is 13.0 Å². The van der Waals surface area contributed by atoms with Crippen LogP contribution < -0.4 is 11.1 Å². The first kappa shape index (κ1) is 11.9. The van der Waals surface area contributed by atoms with E-state index in [2.05, 4.69) is 50.3 Å². The molecule has 0 saturated heterocycles. The molecule has 1 atom stereocenters. The molecule has 1 unspecified atom stereocenters. The summed E-state index contributed by atoms with van der Waals surface area (Å²) in [6.45, 7) is 2.07. The average molecular weight is 293 g/mol. The van der Waals surface area contributed by atoms with Crippen LogP contribution in [0.1, 0.15) is 18.5 Å². The third-order valence-corrected chi connectivity index (χ3v) is 3.25. The van der Waals surface area contributed by atoms with Crippen LogP contribution >= 0.6 is 15.9 Å². The summed E-state index contributed by atoms with van der Waals surface area (Å²) in [5.74, 6) is 1.14. The van der Waals surface area contributed by atoms with Crippen LogP contribution in [0.25, 0.3) is 0 Å². The minimum Gasteiger partial charge on any atom is -0.383 e. The quantitative estimate of drug-likeness (QED) is 0.913. The number of halogens is 1. The number of nitrogens with two attached hydrogens (primary N) is 1. The molecule has 0 aliphatic rings. The molecule has 1 aromatic heterocycles. The molecule has 0 spiro atoms. The molecule has 0 saturated carbocycles. The molecule has 5 heteroatoms. The van der Waals surface area contributed by atoms with Gasteiger partial charge in [0, 0.05) is 6.04 Å². The van der Waals surface area contributed by atoms with Gasteiger partial charge in [-0.3, -0.25) is 0 Å². The van der Waals surface area contributed by atoms with Gasteiger partial charge >= 0.3 is 0 Å². The van der Waals surface area contributed by atoms with Gasteiger partial charge in [-0.2, -0.15) is 0 Å². The first-order chi connectivity index (χ1) is 8.18. The van der Waals surface area contributed by atoms with Gasteiger partial charge in [-0.15, -0.1) is 0 Å². The first-order valence-electron chi connectivity index (χ1n) is 5.26. The van der Waals surface area contributed by atoms with Crippen LogP contribution in [0.5, 0.6) is 0 Å². The Labute approximate surface area is 108 Å². The van der Waals surface area contributed by atoms with Crippen LogP contribution in [0, 0.1) is 0 Å². The highest BCUT2D eigenvalue weighted by Crippen LogP contribution is 2.27. The number of anilines is 2. The maximum absolute atomic E-state index is 5.70. The predicted molar refractivity (Wildman–Crippen MR) is 72.6 cm³/mol. The highest BCUT2D eigenvalue weighted by atomic mass is 79.9. The largest absolute Gasteiger partial charge is 0.383 e. The van der Waals surface area contributed by atoms with Gasteiger partial charge in [0.05, 0.1) is 0 Å². The summed E-state index contributed by atoms with van der Waals surface area (Å²) in [4.78, 5) is 8.05. The summed E-state index contributed by atoms with van der Waals surface area (Å²) in [7, 11) is 0. The van der Waals surface area contributed by atoms with E-state index in [-0.39, 0.29) is 6.04 Å². The molecule has 2 rings (SSSR count). The van der Waals surface area contributed by atoms with Crippen LogP contribution in [-0.4, -0.2) is 9.97 Å². The maximum Gasteiger partial charge on any atom is 0.146 e. The standard InChI is InChI=1S/C12H13BrN4/c1-8(9-5-3-2-4-6-9)17-12-10(13)11(14)15-7-16-12/h2-8H,1H3,(H3,14,15,16,17). The molecule has 3 N–H and O–H groups in total. The van der Waals surface area contributed by atoms with Crippen LogP contribution in [0.4, 0.5) is 11.6 Å². The number of aromatic nitrogens is 2. The molecule has 17 heavy (non-hydrogen) atoms. The fraction of sp³-hybridized carbons (Fsp3) is 0.167. The lowest BCUT2D eigenvalue weighted by atomic mass is 10.1. The number of nitrogens with zero attached hydrogens (tertiary/aromatic N) is 2. The number of nitrogens with one attached hydrogen (secondary N) is 1. The molecule has 88 valence electrons. The second-order valence-electron chi connectivity index (χ2n) is 3.70. The molecular weight excluding hydrogens is 280 g/mol. The Hall–Kier alpha value is -1.62. The Kier molecular flexibility index (Phi) is 3.58. The molecule has 0 aliphatic heterocycles. The molecule has 0 bridgehead atoms. The number of rotatable bonds is 3. The first-order valence-corrected chi connectivity index (χ1v) is 6.05. The number of benzene rings is 1. The van der Waals surface area contributed by atoms with E-state index >= 15 is 0 Å². The van der Waals surface area contributed by atoms with Crippen molar-refractivity contribution in [2.24, 2.45) is 0 Å². The van der Waals surface area contributed by atoms with Gasteiger partial charge in [-0.05, 0) is 28.4 Å². The lowest BCUT2D eigenvalue weighted by Crippen LogP contribution is -2.09. The Bertz CT molecular complexity index is 501. The Morgan fingerprint density at radius 1 is 1.24 bits per heavy atom. The van der Waals surface area contributed by atoms with Crippen molar-refractivity contribution in [3.63, 3.8) is 0 Å². The predicted octanol–water partition coefficient (Wildman–Crippen LogP) is 2.99. The second-order valence-corrected chi connectivity index (χ2v) is 4.49. The van der Waals surface area contributed by atoms with E-state index < -0.39 is 0 Å². The van der Waals surface area contributed by atoms with Gasteiger partial charge < -0.3 is 11.1 Å². The molecule has 0 fully saturated rings. The topological polar surface area (TPSA) is 63.8 Å². The van der Waals surface area contributed by atoms with Crippen LogP contribution in [0.2, 0.25) is 0 Å². The van der Waals surface area contributed by atoms with Crippen molar-refractivity contribution in [1.82, 2.24) is 9.97 Å². The van der Waals surface area contributed by atoms with Gasteiger partial charge in [-0.1, -0.05) is 30.3 Å². The van der Waals surface area contributed by atoms with Crippen molar-refractivity contribution < 1.29 is 0 Å². The van der Waals surface area contributed by atoms with E-state index in [9.17, 15) is 0 Å². The fourth-order valence-electron chi connectivity index (χ4n) is 1.51. The van der Waals surface area contributed by atoms with E-state index in [1.54, 1.807) is 0 Å². The third kappa shape index (κ3) is 2.74. The zero-order valence-electron chi connectivity index (χ0n) is 9.39. The van der Waals surface area contributed by atoms with Gasteiger partial charge in [0.2, 0.25) is 0 Å². The molecule has 4 nitrogen and oxygen atoms in total. The van der Waals surface area contributed by atoms with Gasteiger partial charge in [0.25, 0.3) is 0 Å². The van der Waals surface area contributed by atoms with Crippen molar-refractivity contribution in [3.05, 3.63) is 46.7 Å². The lowest BCUT2D eigenvalue weighted by Gasteiger charge is -2.16. The Morgan fingerprint density at radius 3 is 2.65 bits per heavy atom. The molecular formula is C12H13BrN4. The second kappa shape index (κ2) is 5.14. The van der Waals surface area contributed by atoms with E-state index in [1.807, 2.05) is 18.2 Å². The van der Waals surface area contributed by atoms with E-state index in [1.165, 1.54) is 11.9 Å². The maximum atomic E-state index is 5.70. The Balaban J connectivity index is 2.19. The minimum absolute atomic E-state index is 0.154. The fourth-order valence-corrected chi connectivity index (χ4v) is 1.83. The molecule has 2 aromatic rings.